The molecule has 0 nitrogen and oxygen atoms in total. The van der Waals surface area contributed by atoms with Crippen LogP contribution in [0.25, 0.3) is 0 Å². The van der Waals surface area contributed by atoms with Crippen LogP contribution in [-0.2, 0) is 0 Å². The summed E-state index contributed by atoms with van der Waals surface area (Å²) in [7, 11) is 5.43. The van der Waals surface area contributed by atoms with E-state index in [1.165, 1.54) is 5.57 Å². The van der Waals surface area contributed by atoms with Gasteiger partial charge in [-0.3, -0.25) is 0 Å². The van der Waals surface area contributed by atoms with Crippen molar-refractivity contribution < 1.29 is 0 Å². The molecule has 0 amide bonds. The van der Waals surface area contributed by atoms with Gasteiger partial charge in [-0.2, -0.15) is 0 Å². The van der Waals surface area contributed by atoms with Crippen molar-refractivity contribution in [2.75, 3.05) is 0 Å². The molecule has 0 aromatic carbocycles. The van der Waals surface area contributed by atoms with Crippen LogP contribution in [0.15, 0.2) is 48.1 Å². The Morgan fingerprint density at radius 3 is 2.58 bits per heavy atom. The quantitative estimate of drug-likeness (QED) is 0.551. The number of hydrogen-bond acceptors (Lipinski definition) is 0. The van der Waals surface area contributed by atoms with Crippen molar-refractivity contribution in [3.05, 3.63) is 48.1 Å². The third-order valence-electron chi connectivity index (χ3n) is 1.73. The summed E-state index contributed by atoms with van der Waals surface area (Å²) in [5.74, 6) is 0. The summed E-state index contributed by atoms with van der Waals surface area (Å²) in [5, 5.41) is 0. The van der Waals surface area contributed by atoms with Crippen molar-refractivity contribution in [1.29, 1.82) is 0 Å². The first-order chi connectivity index (χ1) is 5.93. The van der Waals surface area contributed by atoms with Gasteiger partial charge in [0.25, 0.3) is 0 Å². The molecule has 0 saturated heterocycles. The van der Waals surface area contributed by atoms with Crippen LogP contribution in [0.5, 0.6) is 0 Å². The van der Waals surface area contributed by atoms with Crippen LogP contribution in [0.3, 0.4) is 0 Å². The highest BCUT2D eigenvalue weighted by Crippen LogP contribution is 2.09. The molecular weight excluding hydrogens is 143 g/mol. The van der Waals surface area contributed by atoms with E-state index < -0.39 is 0 Å². The molecule has 12 heavy (non-hydrogen) atoms. The van der Waals surface area contributed by atoms with Crippen molar-refractivity contribution >= 4 is 7.85 Å². The molecule has 0 aliphatic heterocycles. The molecule has 0 saturated carbocycles. The van der Waals surface area contributed by atoms with Gasteiger partial charge in [-0.25, -0.2) is 0 Å². The van der Waals surface area contributed by atoms with Gasteiger partial charge in [0.05, 0.1) is 7.85 Å². The molecule has 0 N–H and O–H groups in total. The van der Waals surface area contributed by atoms with Gasteiger partial charge in [0.1, 0.15) is 0 Å². The van der Waals surface area contributed by atoms with E-state index in [0.29, 0.717) is 0 Å². The molecular formula is C11H13B. The summed E-state index contributed by atoms with van der Waals surface area (Å²) in [4.78, 5) is 0. The van der Waals surface area contributed by atoms with Gasteiger partial charge in [0.2, 0.25) is 0 Å². The molecule has 2 radical (unpaired) electrons. The fourth-order valence-corrected chi connectivity index (χ4v) is 1.08. The smallest absolute Gasteiger partial charge is 0.0653 e. The van der Waals surface area contributed by atoms with E-state index in [2.05, 4.69) is 24.3 Å². The molecule has 60 valence electrons. The number of allylic oxidation sites excluding steroid dienone is 8. The minimum absolute atomic E-state index is 0.769. The highest BCUT2D eigenvalue weighted by atomic mass is 13.9. The standard InChI is InChI=1S/C11H13B/c12-10-6-9-11-7-4-2-1-3-5-8-11/h1-5,7-8H,6,9-10H2/b2-1-,3-1?,4-2?,5-3-,7-4-,8-5?,11-7?,11-8+. The fourth-order valence-electron chi connectivity index (χ4n) is 1.08. The van der Waals surface area contributed by atoms with Crippen molar-refractivity contribution in [3.8, 4) is 0 Å². The zero-order valence-corrected chi connectivity index (χ0v) is 7.24. The first-order valence-electron chi connectivity index (χ1n) is 4.34. The second-order valence-electron chi connectivity index (χ2n) is 2.76. The topological polar surface area (TPSA) is 0 Å². The third-order valence-corrected chi connectivity index (χ3v) is 1.73. The van der Waals surface area contributed by atoms with Gasteiger partial charge in [0, 0.05) is 0 Å². The average molecular weight is 156 g/mol. The average Bonchev–Trinajstić information content (AvgIpc) is 2.02. The molecule has 0 aromatic heterocycles. The molecule has 0 fully saturated rings. The van der Waals surface area contributed by atoms with Crippen LogP contribution in [0.2, 0.25) is 6.32 Å². The molecule has 1 rings (SSSR count). The molecule has 1 aliphatic carbocycles. The molecule has 0 heterocycles. The zero-order chi connectivity index (χ0) is 8.65. The third kappa shape index (κ3) is 3.43. The van der Waals surface area contributed by atoms with Crippen LogP contribution in [0.1, 0.15) is 12.8 Å². The summed E-state index contributed by atoms with van der Waals surface area (Å²) >= 11 is 0. The summed E-state index contributed by atoms with van der Waals surface area (Å²) in [5.41, 5.74) is 1.35. The lowest BCUT2D eigenvalue weighted by Crippen LogP contribution is -1.80. The van der Waals surface area contributed by atoms with Crippen LogP contribution in [0.4, 0.5) is 0 Å². The SMILES string of the molecule is [B]CCCC1=C/C=C\C=C/C=C\1. The normalized spacial score (nSPS) is 27.8. The first kappa shape index (κ1) is 9.12. The first-order valence-corrected chi connectivity index (χ1v) is 4.34. The lowest BCUT2D eigenvalue weighted by molar-refractivity contribution is 0.924. The minimum atomic E-state index is 0.769. The van der Waals surface area contributed by atoms with Gasteiger partial charge in [-0.1, -0.05) is 55.3 Å². The van der Waals surface area contributed by atoms with E-state index in [1.807, 2.05) is 18.2 Å². The maximum Gasteiger partial charge on any atom is 0.0653 e. The van der Waals surface area contributed by atoms with Gasteiger partial charge in [0.15, 0.2) is 0 Å². The molecule has 0 unspecified atom stereocenters. The molecule has 0 spiro atoms. The maximum absolute atomic E-state index is 5.43. The summed E-state index contributed by atoms with van der Waals surface area (Å²) in [6.45, 7) is 0. The van der Waals surface area contributed by atoms with Crippen LogP contribution >= 0.6 is 0 Å². The lowest BCUT2D eigenvalue weighted by Gasteiger charge is -1.99. The Hall–Kier alpha value is -0.975. The van der Waals surface area contributed by atoms with Gasteiger partial charge < -0.3 is 0 Å². The highest BCUT2D eigenvalue weighted by molar-refractivity contribution is 6.08. The van der Waals surface area contributed by atoms with Crippen molar-refractivity contribution in [2.45, 2.75) is 19.2 Å². The fraction of sp³-hybridized carbons (Fsp3) is 0.273. The molecule has 0 bridgehead atoms. The van der Waals surface area contributed by atoms with Crippen molar-refractivity contribution in [1.82, 2.24) is 0 Å². The van der Waals surface area contributed by atoms with Gasteiger partial charge in [-0.05, 0) is 12.0 Å². The largest absolute Gasteiger partial charge is 0.0884 e. The van der Waals surface area contributed by atoms with E-state index in [0.717, 1.165) is 19.2 Å². The Morgan fingerprint density at radius 2 is 1.75 bits per heavy atom. The summed E-state index contributed by atoms with van der Waals surface area (Å²) in [6, 6.07) is 0. The Bertz CT molecular complexity index is 231. The number of hydrogen-bond donors (Lipinski definition) is 0. The van der Waals surface area contributed by atoms with E-state index in [9.17, 15) is 0 Å². The summed E-state index contributed by atoms with van der Waals surface area (Å²) in [6.07, 6.45) is 17.4. The van der Waals surface area contributed by atoms with E-state index in [1.54, 1.807) is 0 Å². The Morgan fingerprint density at radius 1 is 1.00 bits per heavy atom. The Balaban J connectivity index is 2.50. The lowest BCUT2D eigenvalue weighted by atomic mass is 9.97. The number of rotatable bonds is 3. The Labute approximate surface area is 75.8 Å². The van der Waals surface area contributed by atoms with Crippen LogP contribution < -0.4 is 0 Å². The highest BCUT2D eigenvalue weighted by Gasteiger charge is 1.90. The second-order valence-corrected chi connectivity index (χ2v) is 2.76. The Kier molecular flexibility index (Phi) is 4.29. The van der Waals surface area contributed by atoms with Gasteiger partial charge in [-0.15, -0.1) is 0 Å². The minimum Gasteiger partial charge on any atom is -0.0884 e. The van der Waals surface area contributed by atoms with Crippen LogP contribution in [0, 0.1) is 0 Å². The molecule has 0 aromatic rings. The van der Waals surface area contributed by atoms with E-state index >= 15 is 0 Å². The van der Waals surface area contributed by atoms with Crippen molar-refractivity contribution in [3.63, 3.8) is 0 Å². The maximum atomic E-state index is 5.43. The second kappa shape index (κ2) is 5.65. The molecule has 1 heteroatoms. The zero-order valence-electron chi connectivity index (χ0n) is 7.24. The van der Waals surface area contributed by atoms with E-state index in [4.69, 9.17) is 7.85 Å². The van der Waals surface area contributed by atoms with Gasteiger partial charge >= 0.3 is 0 Å². The molecule has 1 aliphatic rings. The van der Waals surface area contributed by atoms with Crippen LogP contribution in [-0.4, -0.2) is 7.85 Å². The van der Waals surface area contributed by atoms with Crippen molar-refractivity contribution in [2.24, 2.45) is 0 Å². The van der Waals surface area contributed by atoms with E-state index in [-0.39, 0.29) is 0 Å². The summed E-state index contributed by atoms with van der Waals surface area (Å²) < 4.78 is 0. The molecule has 0 atom stereocenters. The predicted octanol–water partition coefficient (Wildman–Crippen LogP) is 2.96. The predicted molar refractivity (Wildman–Crippen MR) is 55.3 cm³/mol. The monoisotopic (exact) mass is 156 g/mol.